The van der Waals surface area contributed by atoms with Crippen LogP contribution in [0.25, 0.3) is 0 Å². The summed E-state index contributed by atoms with van der Waals surface area (Å²) >= 11 is 0. The first kappa shape index (κ1) is 10.6. The lowest BCUT2D eigenvalue weighted by atomic mass is 10.0. The molecule has 0 spiro atoms. The summed E-state index contributed by atoms with van der Waals surface area (Å²) in [5, 5.41) is 9.75. The van der Waals surface area contributed by atoms with Crippen molar-refractivity contribution in [3.63, 3.8) is 0 Å². The largest absolute Gasteiger partial charge is 0.390 e. The molecule has 0 atom stereocenters. The van der Waals surface area contributed by atoms with Crippen molar-refractivity contribution in [1.29, 1.82) is 0 Å². The van der Waals surface area contributed by atoms with Gasteiger partial charge >= 0.3 is 0 Å². The molecule has 0 aliphatic heterocycles. The first-order chi connectivity index (χ1) is 7.13. The summed E-state index contributed by atoms with van der Waals surface area (Å²) in [4.78, 5) is 0. The molecule has 15 heavy (non-hydrogen) atoms. The predicted octanol–water partition coefficient (Wildman–Crippen LogP) is 2.04. The van der Waals surface area contributed by atoms with E-state index < -0.39 is 5.60 Å². The minimum Gasteiger partial charge on any atom is -0.390 e. The van der Waals surface area contributed by atoms with E-state index in [0.717, 1.165) is 18.4 Å². The van der Waals surface area contributed by atoms with Gasteiger partial charge in [-0.25, -0.2) is 4.39 Å². The summed E-state index contributed by atoms with van der Waals surface area (Å²) in [5.74, 6) is -0.247. The van der Waals surface area contributed by atoms with Crippen LogP contribution in [0.3, 0.4) is 0 Å². The number of benzene rings is 1. The highest BCUT2D eigenvalue weighted by Crippen LogP contribution is 2.38. The van der Waals surface area contributed by atoms with Gasteiger partial charge in [0.15, 0.2) is 0 Å². The van der Waals surface area contributed by atoms with Crippen LogP contribution in [0.2, 0.25) is 0 Å². The van der Waals surface area contributed by atoms with Crippen LogP contribution < -0.4 is 0 Å². The van der Waals surface area contributed by atoms with Crippen LogP contribution in [0.5, 0.6) is 0 Å². The Labute approximate surface area is 88.7 Å². The van der Waals surface area contributed by atoms with Crippen molar-refractivity contribution in [2.24, 2.45) is 0 Å². The SMILES string of the molecule is COCc1cc(CC2(O)CC2)ccc1F. The maximum Gasteiger partial charge on any atom is 0.128 e. The molecule has 1 aromatic rings. The Morgan fingerprint density at radius 2 is 2.20 bits per heavy atom. The Balaban J connectivity index is 2.14. The Morgan fingerprint density at radius 3 is 2.80 bits per heavy atom. The predicted molar refractivity (Wildman–Crippen MR) is 55.0 cm³/mol. The van der Waals surface area contributed by atoms with E-state index in [9.17, 15) is 9.50 Å². The van der Waals surface area contributed by atoms with Gasteiger partial charge in [-0.2, -0.15) is 0 Å². The zero-order valence-electron chi connectivity index (χ0n) is 8.79. The number of aliphatic hydroxyl groups is 1. The molecule has 82 valence electrons. The van der Waals surface area contributed by atoms with Gasteiger partial charge in [-0.15, -0.1) is 0 Å². The van der Waals surface area contributed by atoms with Crippen molar-refractivity contribution in [2.45, 2.75) is 31.5 Å². The minimum atomic E-state index is -0.526. The lowest BCUT2D eigenvalue weighted by molar-refractivity contribution is 0.150. The summed E-state index contributed by atoms with van der Waals surface area (Å²) in [7, 11) is 1.54. The molecule has 2 nitrogen and oxygen atoms in total. The lowest BCUT2D eigenvalue weighted by Crippen LogP contribution is -2.11. The van der Waals surface area contributed by atoms with E-state index >= 15 is 0 Å². The molecule has 1 aliphatic carbocycles. The molecule has 0 aromatic heterocycles. The van der Waals surface area contributed by atoms with Crippen molar-refractivity contribution in [2.75, 3.05) is 7.11 Å². The third-order valence-corrected chi connectivity index (χ3v) is 2.77. The molecule has 1 saturated carbocycles. The van der Waals surface area contributed by atoms with E-state index in [1.807, 2.05) is 0 Å². The Kier molecular flexibility index (Phi) is 2.76. The highest BCUT2D eigenvalue weighted by Gasteiger charge is 2.40. The van der Waals surface area contributed by atoms with E-state index in [1.165, 1.54) is 6.07 Å². The molecule has 0 bridgehead atoms. The van der Waals surface area contributed by atoms with Gasteiger partial charge in [0.05, 0.1) is 12.2 Å². The molecule has 0 radical (unpaired) electrons. The highest BCUT2D eigenvalue weighted by atomic mass is 19.1. The monoisotopic (exact) mass is 210 g/mol. The fourth-order valence-electron chi connectivity index (χ4n) is 1.71. The summed E-state index contributed by atoms with van der Waals surface area (Å²) in [6.07, 6.45) is 2.32. The maximum absolute atomic E-state index is 13.3. The quantitative estimate of drug-likeness (QED) is 0.824. The van der Waals surface area contributed by atoms with Crippen LogP contribution in [-0.2, 0) is 17.8 Å². The molecule has 0 unspecified atom stereocenters. The van der Waals surface area contributed by atoms with E-state index in [1.54, 1.807) is 19.2 Å². The number of ether oxygens (including phenoxy) is 1. The summed E-state index contributed by atoms with van der Waals surface area (Å²) in [6, 6.07) is 4.94. The van der Waals surface area contributed by atoms with Crippen LogP contribution in [-0.4, -0.2) is 17.8 Å². The molecular weight excluding hydrogens is 195 g/mol. The highest BCUT2D eigenvalue weighted by molar-refractivity contribution is 5.27. The smallest absolute Gasteiger partial charge is 0.128 e. The van der Waals surface area contributed by atoms with Crippen molar-refractivity contribution < 1.29 is 14.2 Å². The van der Waals surface area contributed by atoms with Gasteiger partial charge in [0.1, 0.15) is 5.82 Å². The van der Waals surface area contributed by atoms with E-state index in [-0.39, 0.29) is 12.4 Å². The first-order valence-corrected chi connectivity index (χ1v) is 5.12. The molecule has 0 heterocycles. The molecule has 1 aromatic carbocycles. The summed E-state index contributed by atoms with van der Waals surface area (Å²) in [6.45, 7) is 0.276. The van der Waals surface area contributed by atoms with Crippen LogP contribution in [0.4, 0.5) is 4.39 Å². The zero-order valence-corrected chi connectivity index (χ0v) is 8.79. The average molecular weight is 210 g/mol. The normalized spacial score (nSPS) is 17.8. The van der Waals surface area contributed by atoms with Gasteiger partial charge in [0, 0.05) is 19.1 Å². The average Bonchev–Trinajstić information content (AvgIpc) is 2.90. The van der Waals surface area contributed by atoms with Gasteiger partial charge in [-0.05, 0) is 24.5 Å². The third-order valence-electron chi connectivity index (χ3n) is 2.77. The van der Waals surface area contributed by atoms with Crippen molar-refractivity contribution in [3.05, 3.63) is 35.1 Å². The minimum absolute atomic E-state index is 0.247. The third kappa shape index (κ3) is 2.55. The van der Waals surface area contributed by atoms with Crippen molar-refractivity contribution >= 4 is 0 Å². The van der Waals surface area contributed by atoms with Crippen LogP contribution in [0.15, 0.2) is 18.2 Å². The topological polar surface area (TPSA) is 29.5 Å². The standard InChI is InChI=1S/C12H15FO2/c1-15-8-10-6-9(2-3-11(10)13)7-12(14)4-5-12/h2-3,6,14H,4-5,7-8H2,1H3. The number of hydrogen-bond donors (Lipinski definition) is 1. The second-order valence-corrected chi connectivity index (χ2v) is 4.26. The Morgan fingerprint density at radius 1 is 1.47 bits per heavy atom. The van der Waals surface area contributed by atoms with E-state index in [4.69, 9.17) is 4.74 Å². The van der Waals surface area contributed by atoms with Gasteiger partial charge in [-0.3, -0.25) is 0 Å². The second kappa shape index (κ2) is 3.91. The lowest BCUT2D eigenvalue weighted by Gasteiger charge is -2.09. The summed E-state index contributed by atoms with van der Waals surface area (Å²) < 4.78 is 18.2. The van der Waals surface area contributed by atoms with Gasteiger partial charge in [-0.1, -0.05) is 12.1 Å². The maximum atomic E-state index is 13.3. The van der Waals surface area contributed by atoms with Gasteiger partial charge in [0.2, 0.25) is 0 Å². The Bertz CT molecular complexity index is 359. The number of hydrogen-bond acceptors (Lipinski definition) is 2. The molecule has 3 heteroatoms. The van der Waals surface area contributed by atoms with Gasteiger partial charge < -0.3 is 9.84 Å². The number of rotatable bonds is 4. The fourth-order valence-corrected chi connectivity index (χ4v) is 1.71. The zero-order chi connectivity index (χ0) is 10.9. The second-order valence-electron chi connectivity index (χ2n) is 4.26. The van der Waals surface area contributed by atoms with Crippen molar-refractivity contribution in [1.82, 2.24) is 0 Å². The van der Waals surface area contributed by atoms with Crippen LogP contribution >= 0.6 is 0 Å². The first-order valence-electron chi connectivity index (χ1n) is 5.12. The van der Waals surface area contributed by atoms with Crippen molar-refractivity contribution in [3.8, 4) is 0 Å². The van der Waals surface area contributed by atoms with E-state index in [0.29, 0.717) is 12.0 Å². The molecule has 0 saturated heterocycles. The summed E-state index contributed by atoms with van der Waals surface area (Å²) in [5.41, 5.74) is 1.00. The Hall–Kier alpha value is -0.930. The van der Waals surface area contributed by atoms with Crippen LogP contribution in [0.1, 0.15) is 24.0 Å². The molecule has 2 rings (SSSR count). The van der Waals surface area contributed by atoms with Gasteiger partial charge in [0.25, 0.3) is 0 Å². The van der Waals surface area contributed by atoms with Crippen LogP contribution in [0, 0.1) is 5.82 Å². The molecule has 1 aliphatic rings. The molecular formula is C12H15FO2. The molecule has 1 N–H and O–H groups in total. The number of methoxy groups -OCH3 is 1. The van der Waals surface area contributed by atoms with E-state index in [2.05, 4.69) is 0 Å². The molecule has 0 amide bonds. The number of halogens is 1. The fraction of sp³-hybridized carbons (Fsp3) is 0.500. The molecule has 1 fully saturated rings.